The van der Waals surface area contributed by atoms with Crippen LogP contribution in [-0.4, -0.2) is 0 Å². The lowest BCUT2D eigenvalue weighted by atomic mass is 10.1. The van der Waals surface area contributed by atoms with Gasteiger partial charge in [0.05, 0.1) is 6.26 Å². The van der Waals surface area contributed by atoms with Crippen molar-refractivity contribution in [2.75, 3.05) is 0 Å². The molecule has 13 heavy (non-hydrogen) atoms. The van der Waals surface area contributed by atoms with Gasteiger partial charge in [-0.2, -0.15) is 0 Å². The molecule has 0 atom stereocenters. The fourth-order valence-electron chi connectivity index (χ4n) is 1.23. The zero-order chi connectivity index (χ0) is 9.10. The molecule has 2 heteroatoms. The summed E-state index contributed by atoms with van der Waals surface area (Å²) in [6.07, 6.45) is 1.51. The minimum atomic E-state index is 0.203. The molecule has 0 aliphatic heterocycles. The van der Waals surface area contributed by atoms with Gasteiger partial charge >= 0.3 is 0 Å². The van der Waals surface area contributed by atoms with Crippen LogP contribution in [0, 0.1) is 5.41 Å². The standard InChI is InChI=1S/C11H9NO/c12-11-10(7-4-8-13-11)9-5-2-1-3-6-9/h1-8,12H. The van der Waals surface area contributed by atoms with Gasteiger partial charge in [-0.15, -0.1) is 0 Å². The number of nitrogens with one attached hydrogen (secondary N) is 1. The Hall–Kier alpha value is -1.83. The van der Waals surface area contributed by atoms with E-state index >= 15 is 0 Å². The Kier molecular flexibility index (Phi) is 1.96. The van der Waals surface area contributed by atoms with E-state index < -0.39 is 0 Å². The second kappa shape index (κ2) is 3.27. The lowest BCUT2D eigenvalue weighted by Gasteiger charge is -1.98. The first-order valence-corrected chi connectivity index (χ1v) is 4.06. The maximum atomic E-state index is 7.54. The first-order valence-electron chi connectivity index (χ1n) is 4.06. The topological polar surface area (TPSA) is 37.0 Å². The van der Waals surface area contributed by atoms with Crippen LogP contribution < -0.4 is 5.55 Å². The van der Waals surface area contributed by atoms with Crippen molar-refractivity contribution in [1.82, 2.24) is 0 Å². The van der Waals surface area contributed by atoms with E-state index in [1.807, 2.05) is 36.4 Å². The summed E-state index contributed by atoms with van der Waals surface area (Å²) in [7, 11) is 0. The highest BCUT2D eigenvalue weighted by Gasteiger charge is 1.98. The Balaban J connectivity index is 2.60. The molecule has 0 unspecified atom stereocenters. The summed E-state index contributed by atoms with van der Waals surface area (Å²) in [4.78, 5) is 0. The molecule has 0 amide bonds. The first-order chi connectivity index (χ1) is 6.38. The molecule has 2 aromatic rings. The third-order valence-corrected chi connectivity index (χ3v) is 1.86. The molecule has 0 radical (unpaired) electrons. The van der Waals surface area contributed by atoms with Gasteiger partial charge in [-0.25, -0.2) is 0 Å². The van der Waals surface area contributed by atoms with Gasteiger partial charge in [0.25, 0.3) is 0 Å². The van der Waals surface area contributed by atoms with E-state index in [-0.39, 0.29) is 5.55 Å². The van der Waals surface area contributed by atoms with Crippen LogP contribution in [0.3, 0.4) is 0 Å². The van der Waals surface area contributed by atoms with E-state index in [0.717, 1.165) is 11.1 Å². The first kappa shape index (κ1) is 7.80. The van der Waals surface area contributed by atoms with Crippen molar-refractivity contribution in [1.29, 1.82) is 5.41 Å². The molecule has 0 aliphatic carbocycles. The van der Waals surface area contributed by atoms with E-state index in [1.54, 1.807) is 6.07 Å². The van der Waals surface area contributed by atoms with Crippen molar-refractivity contribution in [3.8, 4) is 11.1 Å². The molecular weight excluding hydrogens is 162 g/mol. The highest BCUT2D eigenvalue weighted by atomic mass is 16.3. The zero-order valence-electron chi connectivity index (χ0n) is 7.03. The average Bonchev–Trinajstić information content (AvgIpc) is 2.20. The Bertz CT molecular complexity index is 445. The molecule has 0 bridgehead atoms. The largest absolute Gasteiger partial charge is 0.447 e. The van der Waals surface area contributed by atoms with Gasteiger partial charge in [0, 0.05) is 5.56 Å². The second-order valence-electron chi connectivity index (χ2n) is 2.72. The molecule has 0 spiro atoms. The van der Waals surface area contributed by atoms with Crippen LogP contribution in [0.1, 0.15) is 0 Å². The van der Waals surface area contributed by atoms with Crippen LogP contribution in [0.4, 0.5) is 0 Å². The van der Waals surface area contributed by atoms with Gasteiger partial charge in [-0.3, -0.25) is 5.41 Å². The summed E-state index contributed by atoms with van der Waals surface area (Å²) in [5.74, 6) is 0. The molecular formula is C11H9NO. The predicted octanol–water partition coefficient (Wildman–Crippen LogP) is 2.43. The molecule has 0 saturated heterocycles. The van der Waals surface area contributed by atoms with Crippen LogP contribution in [0.25, 0.3) is 11.1 Å². The van der Waals surface area contributed by atoms with Gasteiger partial charge in [0.15, 0.2) is 0 Å². The quantitative estimate of drug-likeness (QED) is 0.702. The van der Waals surface area contributed by atoms with Crippen molar-refractivity contribution in [2.24, 2.45) is 0 Å². The predicted molar refractivity (Wildman–Crippen MR) is 50.0 cm³/mol. The number of benzene rings is 1. The summed E-state index contributed by atoms with van der Waals surface area (Å²) >= 11 is 0. The summed E-state index contributed by atoms with van der Waals surface area (Å²) < 4.78 is 4.98. The van der Waals surface area contributed by atoms with Gasteiger partial charge in [0.1, 0.15) is 0 Å². The second-order valence-corrected chi connectivity index (χ2v) is 2.72. The van der Waals surface area contributed by atoms with Gasteiger partial charge in [0.2, 0.25) is 5.55 Å². The van der Waals surface area contributed by atoms with Crippen LogP contribution >= 0.6 is 0 Å². The Morgan fingerprint density at radius 2 is 1.69 bits per heavy atom. The summed E-state index contributed by atoms with van der Waals surface area (Å²) in [5.41, 5.74) is 2.04. The van der Waals surface area contributed by atoms with Crippen molar-refractivity contribution >= 4 is 0 Å². The average molecular weight is 171 g/mol. The highest BCUT2D eigenvalue weighted by Crippen LogP contribution is 2.13. The molecule has 1 aromatic carbocycles. The normalized spacial score (nSPS) is 9.85. The maximum Gasteiger partial charge on any atom is 0.218 e. The molecule has 64 valence electrons. The van der Waals surface area contributed by atoms with E-state index in [0.29, 0.717) is 0 Å². The molecule has 1 N–H and O–H groups in total. The van der Waals surface area contributed by atoms with E-state index in [2.05, 4.69) is 0 Å². The fourth-order valence-corrected chi connectivity index (χ4v) is 1.23. The minimum absolute atomic E-state index is 0.203. The smallest absolute Gasteiger partial charge is 0.218 e. The Labute approximate surface area is 76.0 Å². The zero-order valence-corrected chi connectivity index (χ0v) is 7.03. The monoisotopic (exact) mass is 171 g/mol. The minimum Gasteiger partial charge on any atom is -0.447 e. The van der Waals surface area contributed by atoms with Crippen molar-refractivity contribution in [2.45, 2.75) is 0 Å². The van der Waals surface area contributed by atoms with Crippen LogP contribution in [0.2, 0.25) is 0 Å². The SMILES string of the molecule is N=c1occcc1-c1ccccc1. The lowest BCUT2D eigenvalue weighted by molar-refractivity contribution is 0.489. The molecule has 1 aromatic heterocycles. The lowest BCUT2D eigenvalue weighted by Crippen LogP contribution is -2.00. The van der Waals surface area contributed by atoms with Crippen molar-refractivity contribution in [3.05, 3.63) is 54.3 Å². The van der Waals surface area contributed by atoms with E-state index in [9.17, 15) is 0 Å². The fraction of sp³-hybridized carbons (Fsp3) is 0. The summed E-state index contributed by atoms with van der Waals surface area (Å²) in [6, 6.07) is 13.4. The maximum absolute atomic E-state index is 7.54. The number of rotatable bonds is 1. The third-order valence-electron chi connectivity index (χ3n) is 1.86. The molecule has 0 saturated carbocycles. The van der Waals surface area contributed by atoms with Gasteiger partial charge in [-0.05, 0) is 17.7 Å². The van der Waals surface area contributed by atoms with E-state index in [4.69, 9.17) is 9.83 Å². The van der Waals surface area contributed by atoms with Gasteiger partial charge in [-0.1, -0.05) is 30.3 Å². The summed E-state index contributed by atoms with van der Waals surface area (Å²) in [5, 5.41) is 7.54. The molecule has 1 heterocycles. The molecule has 2 rings (SSSR count). The van der Waals surface area contributed by atoms with Crippen LogP contribution in [0.5, 0.6) is 0 Å². The summed E-state index contributed by atoms with van der Waals surface area (Å²) in [6.45, 7) is 0. The van der Waals surface area contributed by atoms with E-state index in [1.165, 1.54) is 6.26 Å². The molecule has 2 nitrogen and oxygen atoms in total. The van der Waals surface area contributed by atoms with Crippen LogP contribution in [0.15, 0.2) is 53.1 Å². The molecule has 0 aliphatic rings. The Morgan fingerprint density at radius 3 is 2.38 bits per heavy atom. The number of hydrogen-bond acceptors (Lipinski definition) is 2. The van der Waals surface area contributed by atoms with Crippen molar-refractivity contribution in [3.63, 3.8) is 0 Å². The molecule has 0 fully saturated rings. The van der Waals surface area contributed by atoms with Crippen LogP contribution in [-0.2, 0) is 0 Å². The Morgan fingerprint density at radius 1 is 0.923 bits per heavy atom. The highest BCUT2D eigenvalue weighted by molar-refractivity contribution is 5.60. The van der Waals surface area contributed by atoms with Gasteiger partial charge < -0.3 is 4.42 Å². The third kappa shape index (κ3) is 1.51. The van der Waals surface area contributed by atoms with Crippen molar-refractivity contribution < 1.29 is 4.42 Å². The number of hydrogen-bond donors (Lipinski definition) is 1.